The number of alkyl halides is 1. The lowest BCUT2D eigenvalue weighted by Gasteiger charge is -2.04. The Hall–Kier alpha value is -0.570. The first kappa shape index (κ1) is 12.4. The van der Waals surface area contributed by atoms with Crippen LogP contribution in [0.15, 0.2) is 12.2 Å². The lowest BCUT2D eigenvalue weighted by molar-refractivity contribution is 0.581. The molecule has 0 rings (SSSR count). The van der Waals surface area contributed by atoms with Gasteiger partial charge < -0.3 is 0 Å². The zero-order chi connectivity index (χ0) is 10.3. The van der Waals surface area contributed by atoms with Crippen LogP contribution in [0.1, 0.15) is 6.92 Å². The lowest BCUT2D eigenvalue weighted by atomic mass is 10.5. The molecule has 1 N–H and O–H groups in total. The van der Waals surface area contributed by atoms with Crippen LogP contribution in [0.5, 0.6) is 0 Å². The third-order valence-corrected chi connectivity index (χ3v) is 3.09. The van der Waals surface area contributed by atoms with Gasteiger partial charge in [-0.15, -0.1) is 11.6 Å². The Kier molecular flexibility index (Phi) is 5.71. The SMILES string of the molecule is CC(C#N)S(=O)(=O)NC/C=C/CCl. The Morgan fingerprint density at radius 2 is 2.23 bits per heavy atom. The molecule has 0 saturated heterocycles. The second kappa shape index (κ2) is 5.97. The van der Waals surface area contributed by atoms with Crippen molar-refractivity contribution >= 4 is 21.6 Å². The Bertz CT molecular complexity index is 305. The molecule has 0 spiro atoms. The second-order valence-electron chi connectivity index (χ2n) is 2.29. The van der Waals surface area contributed by atoms with Gasteiger partial charge in [-0.25, -0.2) is 13.1 Å². The van der Waals surface area contributed by atoms with Gasteiger partial charge in [-0.1, -0.05) is 12.2 Å². The summed E-state index contributed by atoms with van der Waals surface area (Å²) in [4.78, 5) is 0. The highest BCUT2D eigenvalue weighted by Crippen LogP contribution is 1.94. The summed E-state index contributed by atoms with van der Waals surface area (Å²) in [5.74, 6) is 0.343. The highest BCUT2D eigenvalue weighted by Gasteiger charge is 2.18. The van der Waals surface area contributed by atoms with Crippen molar-refractivity contribution < 1.29 is 8.42 Å². The van der Waals surface area contributed by atoms with E-state index in [4.69, 9.17) is 16.9 Å². The molecule has 0 aromatic heterocycles. The predicted molar refractivity (Wildman–Crippen MR) is 51.9 cm³/mol. The molecule has 0 aromatic rings. The Balaban J connectivity index is 4.07. The quantitative estimate of drug-likeness (QED) is 0.548. The fourth-order valence-corrected chi connectivity index (χ4v) is 1.35. The first-order valence-corrected chi connectivity index (χ1v) is 5.71. The van der Waals surface area contributed by atoms with Crippen molar-refractivity contribution in [3.05, 3.63) is 12.2 Å². The molecule has 1 unspecified atom stereocenters. The van der Waals surface area contributed by atoms with E-state index in [-0.39, 0.29) is 6.54 Å². The van der Waals surface area contributed by atoms with Crippen LogP contribution in [0, 0.1) is 11.3 Å². The molecular formula is C7H11ClN2O2S. The van der Waals surface area contributed by atoms with E-state index in [0.29, 0.717) is 5.88 Å². The molecule has 6 heteroatoms. The summed E-state index contributed by atoms with van der Waals surface area (Å²) in [6.07, 6.45) is 3.22. The van der Waals surface area contributed by atoms with Gasteiger partial charge in [-0.3, -0.25) is 0 Å². The standard InChI is InChI=1S/C7H11ClN2O2S/c1-7(6-9)13(11,12)10-5-3-2-4-8/h2-3,7,10H,4-5H2,1H3/b3-2+. The van der Waals surface area contributed by atoms with Crippen molar-refractivity contribution in [1.29, 1.82) is 5.26 Å². The Labute approximate surface area is 83.2 Å². The largest absolute Gasteiger partial charge is 0.227 e. The fraction of sp³-hybridized carbons (Fsp3) is 0.571. The number of halogens is 1. The topological polar surface area (TPSA) is 70.0 Å². The van der Waals surface area contributed by atoms with Crippen molar-refractivity contribution in [2.24, 2.45) is 0 Å². The predicted octanol–water partition coefficient (Wildman–Crippen LogP) is 0.613. The van der Waals surface area contributed by atoms with Gasteiger partial charge in [0.2, 0.25) is 10.0 Å². The minimum Gasteiger partial charge on any atom is -0.211 e. The normalized spacial score (nSPS) is 14.2. The van der Waals surface area contributed by atoms with Crippen LogP contribution in [-0.2, 0) is 10.0 Å². The monoisotopic (exact) mass is 222 g/mol. The van der Waals surface area contributed by atoms with Crippen molar-refractivity contribution in [2.75, 3.05) is 12.4 Å². The maximum atomic E-state index is 11.1. The van der Waals surface area contributed by atoms with E-state index in [1.54, 1.807) is 18.2 Å². The first-order valence-electron chi connectivity index (χ1n) is 3.63. The van der Waals surface area contributed by atoms with E-state index in [0.717, 1.165) is 0 Å². The smallest absolute Gasteiger partial charge is 0.211 e. The van der Waals surface area contributed by atoms with Gasteiger partial charge in [0.15, 0.2) is 5.25 Å². The molecule has 0 aromatic carbocycles. The fourth-order valence-electron chi connectivity index (χ4n) is 0.505. The molecule has 13 heavy (non-hydrogen) atoms. The molecule has 0 aliphatic rings. The third kappa shape index (κ3) is 4.88. The molecule has 0 heterocycles. The molecule has 0 fully saturated rings. The van der Waals surface area contributed by atoms with Gasteiger partial charge in [0.1, 0.15) is 0 Å². The van der Waals surface area contributed by atoms with Gasteiger partial charge in [0, 0.05) is 12.4 Å². The van der Waals surface area contributed by atoms with E-state index >= 15 is 0 Å². The molecule has 74 valence electrons. The second-order valence-corrected chi connectivity index (χ2v) is 4.68. The van der Waals surface area contributed by atoms with Crippen molar-refractivity contribution in [1.82, 2.24) is 4.72 Å². The highest BCUT2D eigenvalue weighted by atomic mass is 35.5. The van der Waals surface area contributed by atoms with Crippen LogP contribution in [0.2, 0.25) is 0 Å². The van der Waals surface area contributed by atoms with Crippen molar-refractivity contribution in [3.8, 4) is 6.07 Å². The zero-order valence-electron chi connectivity index (χ0n) is 7.20. The van der Waals surface area contributed by atoms with Crippen molar-refractivity contribution in [2.45, 2.75) is 12.2 Å². The van der Waals surface area contributed by atoms with Gasteiger partial charge in [-0.05, 0) is 6.92 Å². The van der Waals surface area contributed by atoms with E-state index in [2.05, 4.69) is 4.72 Å². The molecule has 1 atom stereocenters. The summed E-state index contributed by atoms with van der Waals surface area (Å²) >= 11 is 5.32. The number of allylic oxidation sites excluding steroid dienone is 1. The summed E-state index contributed by atoms with van der Waals surface area (Å²) in [7, 11) is -3.50. The number of hydrogen-bond donors (Lipinski definition) is 1. The van der Waals surface area contributed by atoms with Gasteiger partial charge in [0.25, 0.3) is 0 Å². The number of nitriles is 1. The zero-order valence-corrected chi connectivity index (χ0v) is 8.77. The highest BCUT2D eigenvalue weighted by molar-refractivity contribution is 7.90. The lowest BCUT2D eigenvalue weighted by Crippen LogP contribution is -2.31. The molecule has 0 amide bonds. The minimum absolute atomic E-state index is 0.168. The summed E-state index contributed by atoms with van der Waals surface area (Å²) in [5, 5.41) is 7.33. The molecule has 0 saturated carbocycles. The average Bonchev–Trinajstić information content (AvgIpc) is 2.11. The molecule has 0 aliphatic heterocycles. The van der Waals surface area contributed by atoms with Gasteiger partial charge in [0.05, 0.1) is 6.07 Å². The summed E-state index contributed by atoms with van der Waals surface area (Å²) in [6, 6.07) is 1.65. The van der Waals surface area contributed by atoms with Crippen LogP contribution in [-0.4, -0.2) is 26.1 Å². The average molecular weight is 223 g/mol. The van der Waals surface area contributed by atoms with Crippen molar-refractivity contribution in [3.63, 3.8) is 0 Å². The maximum Gasteiger partial charge on any atom is 0.227 e. The summed E-state index contributed by atoms with van der Waals surface area (Å²) in [6.45, 7) is 1.49. The number of hydrogen-bond acceptors (Lipinski definition) is 3. The third-order valence-electron chi connectivity index (χ3n) is 1.31. The van der Waals surface area contributed by atoms with Crippen LogP contribution >= 0.6 is 11.6 Å². The molecule has 0 radical (unpaired) electrons. The van der Waals surface area contributed by atoms with E-state index in [9.17, 15) is 8.42 Å². The number of sulfonamides is 1. The number of rotatable bonds is 5. The molecular weight excluding hydrogens is 212 g/mol. The first-order chi connectivity index (χ1) is 6.04. The maximum absolute atomic E-state index is 11.1. The van der Waals surface area contributed by atoms with Gasteiger partial charge in [-0.2, -0.15) is 5.26 Å². The van der Waals surface area contributed by atoms with Crippen LogP contribution < -0.4 is 4.72 Å². The van der Waals surface area contributed by atoms with E-state index < -0.39 is 15.3 Å². The van der Waals surface area contributed by atoms with Crippen LogP contribution in [0.3, 0.4) is 0 Å². The minimum atomic E-state index is -3.50. The van der Waals surface area contributed by atoms with Crippen LogP contribution in [0.25, 0.3) is 0 Å². The van der Waals surface area contributed by atoms with Crippen LogP contribution in [0.4, 0.5) is 0 Å². The molecule has 4 nitrogen and oxygen atoms in total. The Morgan fingerprint density at radius 1 is 1.62 bits per heavy atom. The van der Waals surface area contributed by atoms with E-state index in [1.165, 1.54) is 6.92 Å². The Morgan fingerprint density at radius 3 is 2.69 bits per heavy atom. The van der Waals surface area contributed by atoms with Gasteiger partial charge >= 0.3 is 0 Å². The molecule has 0 aliphatic carbocycles. The number of nitrogens with one attached hydrogen (secondary N) is 1. The summed E-state index contributed by atoms with van der Waals surface area (Å²) in [5.41, 5.74) is 0. The summed E-state index contributed by atoms with van der Waals surface area (Å²) < 4.78 is 24.5. The van der Waals surface area contributed by atoms with E-state index in [1.807, 2.05) is 0 Å². The molecule has 0 bridgehead atoms. The number of nitrogens with zero attached hydrogens (tertiary/aromatic N) is 1.